The van der Waals surface area contributed by atoms with E-state index in [1.165, 1.54) is 31.0 Å². The molecule has 1 unspecified atom stereocenters. The summed E-state index contributed by atoms with van der Waals surface area (Å²) < 4.78 is 19.3. The van der Waals surface area contributed by atoms with Gasteiger partial charge < -0.3 is 9.72 Å². The molecule has 3 rings (SSSR count). The van der Waals surface area contributed by atoms with E-state index in [0.29, 0.717) is 16.3 Å². The third-order valence-corrected chi connectivity index (χ3v) is 5.89. The van der Waals surface area contributed by atoms with E-state index in [4.69, 9.17) is 16.3 Å². The smallest absolute Gasteiger partial charge is 0.218 e. The fourth-order valence-corrected chi connectivity index (χ4v) is 3.75. The summed E-state index contributed by atoms with van der Waals surface area (Å²) >= 11 is 10.9. The van der Waals surface area contributed by atoms with E-state index < -0.39 is 5.44 Å². The molecule has 0 saturated heterocycles. The topological polar surface area (TPSA) is 42.1 Å². The van der Waals surface area contributed by atoms with Crippen LogP contribution >= 0.6 is 39.3 Å². The first kappa shape index (κ1) is 18.5. The number of fused-ring (bicyclic) bond motifs is 1. The number of carbonyl (C=O) groups is 1. The Morgan fingerprint density at radius 1 is 1.32 bits per heavy atom. The monoisotopic (exact) mass is 441 g/mol. The van der Waals surface area contributed by atoms with Crippen molar-refractivity contribution < 1.29 is 13.9 Å². The Morgan fingerprint density at radius 2 is 2.00 bits per heavy atom. The van der Waals surface area contributed by atoms with E-state index in [-0.39, 0.29) is 11.6 Å². The van der Waals surface area contributed by atoms with Crippen LogP contribution in [0.25, 0.3) is 22.0 Å². The van der Waals surface area contributed by atoms with Crippen molar-refractivity contribution >= 4 is 56.0 Å². The Bertz CT molecular complexity index is 938. The molecule has 3 nitrogen and oxygen atoms in total. The van der Waals surface area contributed by atoms with Gasteiger partial charge in [-0.2, -0.15) is 0 Å². The number of nitrogens with one attached hydrogen (secondary N) is 1. The molecule has 7 heteroatoms. The van der Waals surface area contributed by atoms with Crippen LogP contribution in [0.1, 0.15) is 10.5 Å². The molecule has 2 aromatic carbocycles. The van der Waals surface area contributed by atoms with Crippen LogP contribution in [0.15, 0.2) is 40.9 Å². The van der Waals surface area contributed by atoms with Crippen molar-refractivity contribution in [2.75, 3.05) is 13.4 Å². The molecule has 3 aromatic rings. The van der Waals surface area contributed by atoms with Crippen LogP contribution in [-0.2, 0) is 4.74 Å². The fraction of sp³-hybridized carbons (Fsp3) is 0.167. The second-order valence-corrected chi connectivity index (χ2v) is 7.52. The van der Waals surface area contributed by atoms with Crippen LogP contribution in [0.4, 0.5) is 4.39 Å². The molecule has 0 saturated carbocycles. The zero-order valence-corrected chi connectivity index (χ0v) is 16.6. The van der Waals surface area contributed by atoms with Crippen LogP contribution in [-0.4, -0.2) is 29.6 Å². The first-order valence-electron chi connectivity index (χ1n) is 7.32. The van der Waals surface area contributed by atoms with Gasteiger partial charge in [0.25, 0.3) is 0 Å². The number of Topliss-reactive ketones (excluding diaryl/α,β-unsaturated/α-hetero) is 1. The predicted octanol–water partition coefficient (Wildman–Crippen LogP) is 5.91. The number of hydrogen-bond donors (Lipinski definition) is 1. The third kappa shape index (κ3) is 3.49. The Morgan fingerprint density at radius 3 is 2.60 bits per heavy atom. The highest BCUT2D eigenvalue weighted by Crippen LogP contribution is 2.38. The number of H-pyrrole nitrogens is 1. The van der Waals surface area contributed by atoms with Crippen LogP contribution in [0.3, 0.4) is 0 Å². The maximum atomic E-state index is 13.3. The summed E-state index contributed by atoms with van der Waals surface area (Å²) in [4.78, 5) is 16.1. The molecular weight excluding hydrogens is 429 g/mol. The number of thioether (sulfide) groups is 1. The number of halogens is 3. The van der Waals surface area contributed by atoms with Crippen molar-refractivity contribution in [3.05, 3.63) is 57.4 Å². The standard InChI is InChI=1S/C18H14BrClFNO2S/c1-24-18(25-2)17(23)16-15(9-3-5-10(21)6-4-9)11-7-13(20)12(19)8-14(11)22-16/h3-8,18,22H,1-2H3. The van der Waals surface area contributed by atoms with Crippen molar-refractivity contribution in [2.24, 2.45) is 0 Å². The Kier molecular flexibility index (Phi) is 5.53. The van der Waals surface area contributed by atoms with Gasteiger partial charge in [0.15, 0.2) is 5.44 Å². The third-order valence-electron chi connectivity index (χ3n) is 3.86. The lowest BCUT2D eigenvalue weighted by atomic mass is 10.00. The summed E-state index contributed by atoms with van der Waals surface area (Å²) in [6.45, 7) is 0. The summed E-state index contributed by atoms with van der Waals surface area (Å²) in [5, 5.41) is 1.32. The molecule has 0 aliphatic carbocycles. The van der Waals surface area contributed by atoms with E-state index in [1.54, 1.807) is 24.5 Å². The Labute approximate surface area is 162 Å². The van der Waals surface area contributed by atoms with Gasteiger partial charge in [-0.3, -0.25) is 4.79 Å². The average Bonchev–Trinajstić information content (AvgIpc) is 2.95. The van der Waals surface area contributed by atoms with Gasteiger partial charge in [0.1, 0.15) is 5.82 Å². The number of methoxy groups -OCH3 is 1. The van der Waals surface area contributed by atoms with Crippen LogP contribution in [0.5, 0.6) is 0 Å². The van der Waals surface area contributed by atoms with E-state index in [1.807, 2.05) is 6.07 Å². The van der Waals surface area contributed by atoms with Gasteiger partial charge in [0.2, 0.25) is 5.78 Å². The molecule has 25 heavy (non-hydrogen) atoms. The van der Waals surface area contributed by atoms with Gasteiger partial charge in [-0.25, -0.2) is 4.39 Å². The summed E-state index contributed by atoms with van der Waals surface area (Å²) in [5.74, 6) is -0.520. The molecule has 1 heterocycles. The minimum absolute atomic E-state index is 0.183. The highest BCUT2D eigenvalue weighted by atomic mass is 79.9. The molecule has 1 atom stereocenters. The van der Waals surface area contributed by atoms with E-state index in [2.05, 4.69) is 20.9 Å². The summed E-state index contributed by atoms with van der Waals surface area (Å²) in [5.41, 5.74) is 1.95. The zero-order chi connectivity index (χ0) is 18.1. The minimum atomic E-state index is -0.633. The van der Waals surface area contributed by atoms with Gasteiger partial charge in [-0.05, 0) is 52.0 Å². The second kappa shape index (κ2) is 7.50. The number of ketones is 1. The van der Waals surface area contributed by atoms with E-state index in [9.17, 15) is 9.18 Å². The van der Waals surface area contributed by atoms with Gasteiger partial charge >= 0.3 is 0 Å². The molecule has 0 aliphatic rings. The van der Waals surface area contributed by atoms with Crippen molar-refractivity contribution in [1.29, 1.82) is 0 Å². The largest absolute Gasteiger partial charge is 0.362 e. The van der Waals surface area contributed by atoms with Crippen molar-refractivity contribution in [2.45, 2.75) is 5.44 Å². The molecule has 1 aromatic heterocycles. The van der Waals surface area contributed by atoms with Crippen LogP contribution in [0, 0.1) is 5.82 Å². The first-order valence-corrected chi connectivity index (χ1v) is 9.78. The lowest BCUT2D eigenvalue weighted by Gasteiger charge is -2.12. The van der Waals surface area contributed by atoms with Crippen molar-refractivity contribution in [3.8, 4) is 11.1 Å². The van der Waals surface area contributed by atoms with Gasteiger partial charge in [-0.1, -0.05) is 23.7 Å². The SMILES string of the molecule is COC(SC)C(=O)c1[nH]c2cc(Br)c(Cl)cc2c1-c1ccc(F)cc1. The summed E-state index contributed by atoms with van der Waals surface area (Å²) in [6.07, 6.45) is 1.81. The van der Waals surface area contributed by atoms with Gasteiger partial charge in [0, 0.05) is 28.0 Å². The molecule has 0 fully saturated rings. The van der Waals surface area contributed by atoms with E-state index >= 15 is 0 Å². The number of hydrogen-bond acceptors (Lipinski definition) is 3. The lowest BCUT2D eigenvalue weighted by molar-refractivity contribution is 0.0791. The maximum Gasteiger partial charge on any atom is 0.218 e. The molecule has 130 valence electrons. The number of benzene rings is 2. The zero-order valence-electron chi connectivity index (χ0n) is 13.4. The lowest BCUT2D eigenvalue weighted by Crippen LogP contribution is -2.20. The highest BCUT2D eigenvalue weighted by Gasteiger charge is 2.26. The number of rotatable bonds is 5. The van der Waals surface area contributed by atoms with Crippen LogP contribution < -0.4 is 0 Å². The molecule has 0 spiro atoms. The number of carbonyl (C=O) groups excluding carboxylic acids is 1. The van der Waals surface area contributed by atoms with E-state index in [0.717, 1.165) is 20.9 Å². The molecule has 0 amide bonds. The molecule has 0 aliphatic heterocycles. The molecule has 0 bridgehead atoms. The van der Waals surface area contributed by atoms with Crippen molar-refractivity contribution in [3.63, 3.8) is 0 Å². The molecule has 0 radical (unpaired) electrons. The molecular formula is C18H14BrClFNO2S. The minimum Gasteiger partial charge on any atom is -0.362 e. The normalized spacial score (nSPS) is 12.5. The summed E-state index contributed by atoms with van der Waals surface area (Å²) in [7, 11) is 1.49. The second-order valence-electron chi connectivity index (χ2n) is 5.36. The Hall–Kier alpha value is -1.34. The van der Waals surface area contributed by atoms with Crippen molar-refractivity contribution in [1.82, 2.24) is 4.98 Å². The summed E-state index contributed by atoms with van der Waals surface area (Å²) in [6, 6.07) is 9.63. The average molecular weight is 443 g/mol. The van der Waals surface area contributed by atoms with Gasteiger partial charge in [0.05, 0.1) is 10.7 Å². The Balaban J connectivity index is 2.29. The maximum absolute atomic E-state index is 13.3. The molecule has 1 N–H and O–H groups in total. The number of aromatic nitrogens is 1. The first-order chi connectivity index (χ1) is 12.0. The number of ether oxygens (including phenoxy) is 1. The number of aromatic amines is 1. The quantitative estimate of drug-likeness (QED) is 0.394. The highest BCUT2D eigenvalue weighted by molar-refractivity contribution is 9.10. The predicted molar refractivity (Wildman–Crippen MR) is 105 cm³/mol. The van der Waals surface area contributed by atoms with Gasteiger partial charge in [-0.15, -0.1) is 11.8 Å². The fourth-order valence-electron chi connectivity index (χ4n) is 2.72. The van der Waals surface area contributed by atoms with Crippen LogP contribution in [0.2, 0.25) is 5.02 Å².